The Labute approximate surface area is 203 Å². The van der Waals surface area contributed by atoms with E-state index in [0.29, 0.717) is 19.0 Å². The topological polar surface area (TPSA) is 44.8 Å². The molecule has 33 heavy (non-hydrogen) atoms. The summed E-state index contributed by atoms with van der Waals surface area (Å²) in [5, 5.41) is 0.0726. The molecule has 2 atom stereocenters. The highest BCUT2D eigenvalue weighted by Gasteiger charge is 2.39. The van der Waals surface area contributed by atoms with Gasteiger partial charge in [-0.15, -0.1) is 0 Å². The molecule has 0 aliphatic heterocycles. The zero-order valence-corrected chi connectivity index (χ0v) is 23.3. The monoisotopic (exact) mass is 488 g/mol. The molecule has 0 spiro atoms. The molecule has 0 aliphatic rings. The second-order valence-corrected chi connectivity index (χ2v) is 16.3. The summed E-state index contributed by atoms with van der Waals surface area (Å²) in [6.45, 7) is 16.2. The van der Waals surface area contributed by atoms with Gasteiger partial charge in [-0.2, -0.15) is 0 Å². The Morgan fingerprint density at radius 2 is 1.67 bits per heavy atom. The van der Waals surface area contributed by atoms with E-state index in [4.69, 9.17) is 13.9 Å². The van der Waals surface area contributed by atoms with E-state index in [0.717, 1.165) is 27.3 Å². The number of ether oxygens (including phenoxy) is 2. The zero-order chi connectivity index (χ0) is 24.6. The van der Waals surface area contributed by atoms with E-state index in [1.54, 1.807) is 7.11 Å². The van der Waals surface area contributed by atoms with Gasteiger partial charge in [-0.05, 0) is 67.4 Å². The summed E-state index contributed by atoms with van der Waals surface area (Å²) in [4.78, 5) is 0.839. The number of methoxy groups -OCH3 is 1. The van der Waals surface area contributed by atoms with E-state index in [-0.39, 0.29) is 11.1 Å². The van der Waals surface area contributed by atoms with Gasteiger partial charge in [-0.1, -0.05) is 56.7 Å². The SMILES string of the molecule is COc1ccc(COC/C(C)=C/[C@H](C[S@@](=O)c2ccc(C)cc2)O[Si](C)(C)C(C)(C)C)cc1. The third-order valence-electron chi connectivity index (χ3n) is 6.08. The minimum absolute atomic E-state index is 0.0726. The van der Waals surface area contributed by atoms with Gasteiger partial charge in [0.15, 0.2) is 8.32 Å². The molecule has 0 fully saturated rings. The van der Waals surface area contributed by atoms with Crippen molar-refractivity contribution in [3.05, 3.63) is 71.3 Å². The smallest absolute Gasteiger partial charge is 0.192 e. The van der Waals surface area contributed by atoms with Crippen LogP contribution in [0.3, 0.4) is 0 Å². The lowest BCUT2D eigenvalue weighted by Gasteiger charge is -2.38. The Hall–Kier alpha value is -1.73. The van der Waals surface area contributed by atoms with Gasteiger partial charge >= 0.3 is 0 Å². The van der Waals surface area contributed by atoms with Gasteiger partial charge in [-0.3, -0.25) is 4.21 Å². The molecule has 0 saturated carbocycles. The average Bonchev–Trinajstić information content (AvgIpc) is 2.73. The Bertz CT molecular complexity index is 928. The fourth-order valence-corrected chi connectivity index (χ4v) is 5.50. The lowest BCUT2D eigenvalue weighted by Crippen LogP contribution is -2.44. The van der Waals surface area contributed by atoms with Crippen molar-refractivity contribution in [1.29, 1.82) is 0 Å². The van der Waals surface area contributed by atoms with Crippen molar-refractivity contribution in [3.8, 4) is 5.75 Å². The van der Waals surface area contributed by atoms with Crippen LogP contribution in [-0.4, -0.2) is 38.1 Å². The van der Waals surface area contributed by atoms with Gasteiger partial charge in [0.25, 0.3) is 0 Å². The maximum Gasteiger partial charge on any atom is 0.192 e. The van der Waals surface area contributed by atoms with Crippen LogP contribution in [0.5, 0.6) is 5.75 Å². The van der Waals surface area contributed by atoms with Gasteiger partial charge in [0.05, 0.1) is 43.0 Å². The van der Waals surface area contributed by atoms with Gasteiger partial charge in [-0.25, -0.2) is 0 Å². The zero-order valence-electron chi connectivity index (χ0n) is 21.4. The molecule has 0 unspecified atom stereocenters. The van der Waals surface area contributed by atoms with Crippen molar-refractivity contribution in [3.63, 3.8) is 0 Å². The summed E-state index contributed by atoms with van der Waals surface area (Å²) < 4.78 is 30.9. The highest BCUT2D eigenvalue weighted by molar-refractivity contribution is 7.85. The molecule has 0 heterocycles. The molecule has 0 bridgehead atoms. The van der Waals surface area contributed by atoms with E-state index in [1.807, 2.05) is 62.4 Å². The van der Waals surface area contributed by atoms with Gasteiger partial charge < -0.3 is 13.9 Å². The van der Waals surface area contributed by atoms with Crippen LogP contribution in [0.2, 0.25) is 18.1 Å². The van der Waals surface area contributed by atoms with E-state index in [2.05, 4.69) is 39.9 Å². The van der Waals surface area contributed by atoms with Crippen molar-refractivity contribution in [1.82, 2.24) is 0 Å². The molecule has 2 aromatic rings. The quantitative estimate of drug-likeness (QED) is 0.262. The predicted molar refractivity (Wildman–Crippen MR) is 141 cm³/mol. The number of hydrogen-bond donors (Lipinski definition) is 0. The normalized spacial score (nSPS) is 14.7. The molecule has 182 valence electrons. The minimum Gasteiger partial charge on any atom is -0.497 e. The minimum atomic E-state index is -2.04. The number of rotatable bonds is 11. The van der Waals surface area contributed by atoms with Crippen LogP contribution in [-0.2, 0) is 26.6 Å². The first-order chi connectivity index (χ1) is 15.4. The highest BCUT2D eigenvalue weighted by Crippen LogP contribution is 2.37. The fraction of sp³-hybridized carbons (Fsp3) is 0.481. The van der Waals surface area contributed by atoms with Crippen molar-refractivity contribution < 1.29 is 18.1 Å². The van der Waals surface area contributed by atoms with E-state index < -0.39 is 19.1 Å². The Morgan fingerprint density at radius 1 is 1.06 bits per heavy atom. The first-order valence-electron chi connectivity index (χ1n) is 11.4. The Kier molecular flexibility index (Phi) is 10.1. The highest BCUT2D eigenvalue weighted by atomic mass is 32.2. The third-order valence-corrected chi connectivity index (χ3v) is 12.0. The molecule has 6 heteroatoms. The summed E-state index contributed by atoms with van der Waals surface area (Å²) in [6, 6.07) is 15.8. The lowest BCUT2D eigenvalue weighted by atomic mass is 10.2. The molecule has 2 rings (SSSR count). The van der Waals surface area contributed by atoms with Crippen LogP contribution in [0.25, 0.3) is 0 Å². The second-order valence-electron chi connectivity index (χ2n) is 10.1. The fourth-order valence-electron chi connectivity index (χ4n) is 3.02. The van der Waals surface area contributed by atoms with Gasteiger partial charge in [0, 0.05) is 4.90 Å². The standard InChI is InChI=1S/C27H40O4SSi/c1-21-9-15-26(16-10-21)32(28)20-25(31-33(7,8)27(3,4)5)17-22(2)18-30-19-23-11-13-24(29-6)14-12-23/h9-17,25H,18-20H2,1-8H3/b22-17+/t25-,32-/m1/s1. The second kappa shape index (κ2) is 12.1. The largest absolute Gasteiger partial charge is 0.497 e. The van der Waals surface area contributed by atoms with Crippen molar-refractivity contribution in [2.75, 3.05) is 19.5 Å². The average molecular weight is 489 g/mol. The molecular formula is C27H40O4SSi. The van der Waals surface area contributed by atoms with E-state index in [1.165, 1.54) is 0 Å². The van der Waals surface area contributed by atoms with Crippen LogP contribution in [0.1, 0.15) is 38.8 Å². The van der Waals surface area contributed by atoms with E-state index >= 15 is 0 Å². The van der Waals surface area contributed by atoms with Crippen LogP contribution in [0, 0.1) is 6.92 Å². The van der Waals surface area contributed by atoms with Crippen molar-refractivity contribution in [2.24, 2.45) is 0 Å². The molecule has 0 radical (unpaired) electrons. The van der Waals surface area contributed by atoms with Crippen LogP contribution < -0.4 is 4.74 Å². The first-order valence-corrected chi connectivity index (χ1v) is 15.6. The van der Waals surface area contributed by atoms with Gasteiger partial charge in [0.2, 0.25) is 0 Å². The number of hydrogen-bond acceptors (Lipinski definition) is 4. The van der Waals surface area contributed by atoms with Crippen molar-refractivity contribution in [2.45, 2.75) is 70.4 Å². The summed E-state index contributed by atoms with van der Waals surface area (Å²) >= 11 is 0. The van der Waals surface area contributed by atoms with Crippen LogP contribution in [0.15, 0.2) is 65.1 Å². The third kappa shape index (κ3) is 8.85. The van der Waals surface area contributed by atoms with E-state index in [9.17, 15) is 4.21 Å². The van der Waals surface area contributed by atoms with Crippen molar-refractivity contribution >= 4 is 19.1 Å². The molecule has 0 saturated heterocycles. The maximum absolute atomic E-state index is 13.1. The lowest BCUT2D eigenvalue weighted by molar-refractivity contribution is 0.141. The first kappa shape index (κ1) is 27.5. The molecule has 0 aromatic heterocycles. The summed E-state index contributed by atoms with van der Waals surface area (Å²) in [5.74, 6) is 1.27. The summed E-state index contributed by atoms with van der Waals surface area (Å²) in [6.07, 6.45) is 1.87. The summed E-state index contributed by atoms with van der Waals surface area (Å²) in [7, 11) is -1.51. The maximum atomic E-state index is 13.1. The predicted octanol–water partition coefficient (Wildman–Crippen LogP) is 6.66. The van der Waals surface area contributed by atoms with Crippen LogP contribution >= 0.6 is 0 Å². The summed E-state index contributed by atoms with van der Waals surface area (Å²) in [5.41, 5.74) is 3.33. The molecule has 0 aliphatic carbocycles. The van der Waals surface area contributed by atoms with Crippen LogP contribution in [0.4, 0.5) is 0 Å². The Morgan fingerprint density at radius 3 is 2.21 bits per heavy atom. The molecular weight excluding hydrogens is 448 g/mol. The molecule has 0 amide bonds. The number of aryl methyl sites for hydroxylation is 1. The Balaban J connectivity index is 2.08. The molecule has 0 N–H and O–H groups in total. The number of benzene rings is 2. The molecule has 2 aromatic carbocycles. The van der Waals surface area contributed by atoms with Gasteiger partial charge in [0.1, 0.15) is 5.75 Å². The molecule has 4 nitrogen and oxygen atoms in total.